The molecule has 9 heteroatoms. The first kappa shape index (κ1) is 18.3. The van der Waals surface area contributed by atoms with E-state index in [9.17, 15) is 4.79 Å². The summed E-state index contributed by atoms with van der Waals surface area (Å²) in [5.41, 5.74) is 1.67. The Morgan fingerprint density at radius 3 is 2.57 bits per heavy atom. The van der Waals surface area contributed by atoms with Gasteiger partial charge in [-0.15, -0.1) is 11.3 Å². The standard InChI is InChI=1S/C19H15N3O4S2/c1-11-17(28-18(20-11)13-7-8-27-10-13)19(23)25-15-5-3-14(4-6-15)24-9-16-21-12(2)22-26-16/h3-8,10H,9H2,1-2H3. The summed E-state index contributed by atoms with van der Waals surface area (Å²) < 4.78 is 16.0. The van der Waals surface area contributed by atoms with Crippen molar-refractivity contribution < 1.29 is 18.8 Å². The molecule has 0 N–H and O–H groups in total. The Morgan fingerprint density at radius 2 is 1.89 bits per heavy atom. The van der Waals surface area contributed by atoms with E-state index in [1.165, 1.54) is 11.3 Å². The lowest BCUT2D eigenvalue weighted by atomic mass is 10.3. The number of aromatic nitrogens is 3. The monoisotopic (exact) mass is 413 g/mol. The number of hydrogen-bond donors (Lipinski definition) is 0. The van der Waals surface area contributed by atoms with Crippen molar-refractivity contribution in [1.82, 2.24) is 15.1 Å². The second-order valence-electron chi connectivity index (χ2n) is 5.83. The summed E-state index contributed by atoms with van der Waals surface area (Å²) in [6.07, 6.45) is 0. The molecule has 0 spiro atoms. The van der Waals surface area contributed by atoms with Crippen molar-refractivity contribution in [2.24, 2.45) is 0 Å². The molecule has 0 radical (unpaired) electrons. The first-order valence-electron chi connectivity index (χ1n) is 8.33. The van der Waals surface area contributed by atoms with Gasteiger partial charge in [0, 0.05) is 10.9 Å². The number of esters is 1. The van der Waals surface area contributed by atoms with E-state index in [2.05, 4.69) is 15.1 Å². The lowest BCUT2D eigenvalue weighted by Gasteiger charge is -2.06. The number of thiazole rings is 1. The van der Waals surface area contributed by atoms with E-state index in [0.29, 0.717) is 33.8 Å². The fourth-order valence-electron chi connectivity index (χ4n) is 2.40. The highest BCUT2D eigenvalue weighted by atomic mass is 32.1. The van der Waals surface area contributed by atoms with Gasteiger partial charge in [-0.1, -0.05) is 5.16 Å². The molecule has 28 heavy (non-hydrogen) atoms. The summed E-state index contributed by atoms with van der Waals surface area (Å²) in [5, 5.41) is 8.49. The number of thiophene rings is 1. The molecule has 3 aromatic heterocycles. The van der Waals surface area contributed by atoms with Crippen molar-refractivity contribution in [3.63, 3.8) is 0 Å². The van der Waals surface area contributed by atoms with E-state index in [1.807, 2.05) is 16.8 Å². The lowest BCUT2D eigenvalue weighted by molar-refractivity contribution is 0.0738. The highest BCUT2D eigenvalue weighted by molar-refractivity contribution is 7.17. The van der Waals surface area contributed by atoms with Crippen LogP contribution in [0.15, 0.2) is 45.6 Å². The molecule has 4 aromatic rings. The average molecular weight is 413 g/mol. The number of benzene rings is 1. The molecule has 0 aliphatic rings. The minimum absolute atomic E-state index is 0.172. The molecule has 0 bridgehead atoms. The third kappa shape index (κ3) is 4.10. The first-order chi connectivity index (χ1) is 13.6. The molecule has 0 aliphatic heterocycles. The third-order valence-corrected chi connectivity index (χ3v) is 5.59. The molecule has 0 amide bonds. The minimum atomic E-state index is -0.425. The summed E-state index contributed by atoms with van der Waals surface area (Å²) in [5.74, 6) is 1.56. The highest BCUT2D eigenvalue weighted by Crippen LogP contribution is 2.30. The zero-order valence-corrected chi connectivity index (χ0v) is 16.7. The smallest absolute Gasteiger partial charge is 0.355 e. The van der Waals surface area contributed by atoms with Crippen LogP contribution in [0.25, 0.3) is 10.6 Å². The van der Waals surface area contributed by atoms with Gasteiger partial charge in [0.05, 0.1) is 5.69 Å². The number of carbonyl (C=O) groups is 1. The topological polar surface area (TPSA) is 87.3 Å². The predicted octanol–water partition coefficient (Wildman–Crippen LogP) is 4.67. The fraction of sp³-hybridized carbons (Fsp3) is 0.158. The van der Waals surface area contributed by atoms with E-state index in [1.54, 1.807) is 49.4 Å². The Hall–Kier alpha value is -3.04. The molecule has 1 aromatic carbocycles. The van der Waals surface area contributed by atoms with Crippen LogP contribution in [-0.4, -0.2) is 21.1 Å². The van der Waals surface area contributed by atoms with E-state index < -0.39 is 5.97 Å². The van der Waals surface area contributed by atoms with E-state index in [0.717, 1.165) is 10.6 Å². The molecular weight excluding hydrogens is 398 g/mol. The van der Waals surface area contributed by atoms with Gasteiger partial charge in [-0.2, -0.15) is 16.3 Å². The molecule has 142 valence electrons. The van der Waals surface area contributed by atoms with Gasteiger partial charge in [0.25, 0.3) is 5.89 Å². The summed E-state index contributed by atoms with van der Waals surface area (Å²) in [7, 11) is 0. The van der Waals surface area contributed by atoms with E-state index >= 15 is 0 Å². The summed E-state index contributed by atoms with van der Waals surface area (Å²) in [4.78, 5) is 21.5. The lowest BCUT2D eigenvalue weighted by Crippen LogP contribution is -2.08. The van der Waals surface area contributed by atoms with Crippen LogP contribution in [0.4, 0.5) is 0 Å². The zero-order valence-electron chi connectivity index (χ0n) is 15.0. The molecule has 0 saturated carbocycles. The molecule has 0 unspecified atom stereocenters. The van der Waals surface area contributed by atoms with Gasteiger partial charge in [0.1, 0.15) is 21.4 Å². The largest absolute Gasteiger partial charge is 0.484 e. The molecule has 4 rings (SSSR count). The fourth-order valence-corrected chi connectivity index (χ4v) is 4.05. The van der Waals surface area contributed by atoms with Crippen LogP contribution < -0.4 is 9.47 Å². The van der Waals surface area contributed by atoms with Crippen molar-refractivity contribution in [1.29, 1.82) is 0 Å². The Kier molecular flexibility index (Phi) is 5.18. The zero-order chi connectivity index (χ0) is 19.5. The Balaban J connectivity index is 1.39. The van der Waals surface area contributed by atoms with Crippen molar-refractivity contribution in [2.75, 3.05) is 0 Å². The van der Waals surface area contributed by atoms with Crippen molar-refractivity contribution >= 4 is 28.6 Å². The van der Waals surface area contributed by atoms with Gasteiger partial charge < -0.3 is 14.0 Å². The van der Waals surface area contributed by atoms with Crippen molar-refractivity contribution in [2.45, 2.75) is 20.5 Å². The van der Waals surface area contributed by atoms with Crippen LogP contribution in [0.2, 0.25) is 0 Å². The average Bonchev–Trinajstić information content (AvgIpc) is 3.42. The van der Waals surface area contributed by atoms with Crippen LogP contribution in [0.3, 0.4) is 0 Å². The molecule has 0 saturated heterocycles. The number of nitrogens with zero attached hydrogens (tertiary/aromatic N) is 3. The highest BCUT2D eigenvalue weighted by Gasteiger charge is 2.18. The van der Waals surface area contributed by atoms with Gasteiger partial charge in [0.2, 0.25) is 0 Å². The first-order valence-corrected chi connectivity index (χ1v) is 10.1. The SMILES string of the molecule is Cc1noc(COc2ccc(OC(=O)c3sc(-c4ccsc4)nc3C)cc2)n1. The number of ether oxygens (including phenoxy) is 2. The van der Waals surface area contributed by atoms with Crippen LogP contribution in [-0.2, 0) is 6.61 Å². The quantitative estimate of drug-likeness (QED) is 0.335. The van der Waals surface area contributed by atoms with Gasteiger partial charge in [-0.25, -0.2) is 9.78 Å². The van der Waals surface area contributed by atoms with Crippen LogP contribution in [0, 0.1) is 13.8 Å². The Bertz CT molecular complexity index is 1090. The van der Waals surface area contributed by atoms with Crippen LogP contribution in [0.5, 0.6) is 11.5 Å². The van der Waals surface area contributed by atoms with Crippen molar-refractivity contribution in [3.8, 4) is 22.1 Å². The maximum Gasteiger partial charge on any atom is 0.355 e. The Morgan fingerprint density at radius 1 is 1.11 bits per heavy atom. The van der Waals surface area contributed by atoms with Crippen LogP contribution >= 0.6 is 22.7 Å². The Labute approximate surface area is 168 Å². The maximum atomic E-state index is 12.5. The predicted molar refractivity (Wildman–Crippen MR) is 105 cm³/mol. The molecule has 0 aliphatic carbocycles. The number of rotatable bonds is 6. The number of hydrogen-bond acceptors (Lipinski definition) is 9. The van der Waals surface area contributed by atoms with Gasteiger partial charge in [-0.05, 0) is 49.6 Å². The second-order valence-corrected chi connectivity index (χ2v) is 7.61. The molecule has 7 nitrogen and oxygen atoms in total. The van der Waals surface area contributed by atoms with Gasteiger partial charge >= 0.3 is 5.97 Å². The second kappa shape index (κ2) is 7.91. The number of aryl methyl sites for hydroxylation is 2. The summed E-state index contributed by atoms with van der Waals surface area (Å²) in [6.45, 7) is 3.72. The van der Waals surface area contributed by atoms with Crippen LogP contribution in [0.1, 0.15) is 27.1 Å². The number of carbonyl (C=O) groups excluding carboxylic acids is 1. The minimum Gasteiger partial charge on any atom is -0.484 e. The summed E-state index contributed by atoms with van der Waals surface area (Å²) in [6, 6.07) is 8.74. The van der Waals surface area contributed by atoms with E-state index in [-0.39, 0.29) is 6.61 Å². The van der Waals surface area contributed by atoms with Gasteiger partial charge in [-0.3, -0.25) is 0 Å². The van der Waals surface area contributed by atoms with Gasteiger partial charge in [0.15, 0.2) is 12.4 Å². The molecule has 0 fully saturated rings. The molecule has 0 atom stereocenters. The normalized spacial score (nSPS) is 10.8. The third-order valence-electron chi connectivity index (χ3n) is 3.72. The van der Waals surface area contributed by atoms with Crippen molar-refractivity contribution in [3.05, 3.63) is 63.4 Å². The summed E-state index contributed by atoms with van der Waals surface area (Å²) >= 11 is 2.92. The molecule has 3 heterocycles. The van der Waals surface area contributed by atoms with E-state index in [4.69, 9.17) is 14.0 Å². The molecular formula is C19H15N3O4S2. The maximum absolute atomic E-state index is 12.5.